The molecule has 0 fully saturated rings. The molecule has 0 aliphatic heterocycles. The van der Waals surface area contributed by atoms with Gasteiger partial charge in [-0.25, -0.2) is 14.8 Å². The van der Waals surface area contributed by atoms with Crippen LogP contribution in [-0.2, 0) is 4.74 Å². The second kappa shape index (κ2) is 8.71. The van der Waals surface area contributed by atoms with Gasteiger partial charge in [0.15, 0.2) is 0 Å². The Morgan fingerprint density at radius 1 is 1.13 bits per heavy atom. The minimum absolute atomic E-state index is 0.0526. The summed E-state index contributed by atoms with van der Waals surface area (Å²) in [7, 11) is 0. The predicted octanol–water partition coefficient (Wildman–Crippen LogP) is 2.30. The number of hydrogen-bond acceptors (Lipinski definition) is 7. The van der Waals surface area contributed by atoms with Gasteiger partial charge in [0.25, 0.3) is 0 Å². The number of anilines is 1. The van der Waals surface area contributed by atoms with E-state index >= 15 is 0 Å². The van der Waals surface area contributed by atoms with Gasteiger partial charge in [-0.1, -0.05) is 48.5 Å². The SMILES string of the molecule is Cc1nc(N)ncc1C(O)C(O)CNC(=O)OCC1c2ccccc2-c2ccccc21. The zero-order chi connectivity index (χ0) is 22.0. The number of carbonyl (C=O) groups is 1. The summed E-state index contributed by atoms with van der Waals surface area (Å²) in [6, 6.07) is 16.1. The zero-order valence-electron chi connectivity index (χ0n) is 17.0. The van der Waals surface area contributed by atoms with Crippen LogP contribution in [0, 0.1) is 6.92 Å². The van der Waals surface area contributed by atoms with Crippen LogP contribution in [0.2, 0.25) is 0 Å². The number of nitrogens with zero attached hydrogens (tertiary/aromatic N) is 2. The van der Waals surface area contributed by atoms with E-state index in [-0.39, 0.29) is 25.0 Å². The fourth-order valence-corrected chi connectivity index (χ4v) is 3.94. The third kappa shape index (κ3) is 4.21. The molecule has 1 aliphatic carbocycles. The molecule has 0 bridgehead atoms. The maximum atomic E-state index is 12.2. The third-order valence-corrected chi connectivity index (χ3v) is 5.52. The number of amides is 1. The summed E-state index contributed by atoms with van der Waals surface area (Å²) < 4.78 is 5.43. The maximum Gasteiger partial charge on any atom is 0.407 e. The summed E-state index contributed by atoms with van der Waals surface area (Å²) in [5.74, 6) is 0.0305. The van der Waals surface area contributed by atoms with Gasteiger partial charge in [-0.3, -0.25) is 0 Å². The lowest BCUT2D eigenvalue weighted by Crippen LogP contribution is -2.36. The number of benzene rings is 2. The van der Waals surface area contributed by atoms with Crippen LogP contribution >= 0.6 is 0 Å². The summed E-state index contributed by atoms with van der Waals surface area (Å²) in [5, 5.41) is 23.1. The summed E-state index contributed by atoms with van der Waals surface area (Å²) >= 11 is 0. The minimum Gasteiger partial charge on any atom is -0.449 e. The number of fused-ring (bicyclic) bond motifs is 3. The van der Waals surface area contributed by atoms with Crippen LogP contribution in [0.25, 0.3) is 11.1 Å². The highest BCUT2D eigenvalue weighted by Gasteiger charge is 2.29. The van der Waals surface area contributed by atoms with Crippen molar-refractivity contribution in [2.45, 2.75) is 25.0 Å². The lowest BCUT2D eigenvalue weighted by Gasteiger charge is -2.20. The van der Waals surface area contributed by atoms with Crippen molar-refractivity contribution in [2.75, 3.05) is 18.9 Å². The van der Waals surface area contributed by atoms with E-state index in [1.54, 1.807) is 6.92 Å². The molecule has 160 valence electrons. The van der Waals surface area contributed by atoms with Crippen molar-refractivity contribution >= 4 is 12.0 Å². The van der Waals surface area contributed by atoms with Gasteiger partial charge in [0.2, 0.25) is 5.95 Å². The number of aromatic nitrogens is 2. The van der Waals surface area contributed by atoms with Crippen molar-refractivity contribution < 1.29 is 19.7 Å². The van der Waals surface area contributed by atoms with Crippen LogP contribution in [-0.4, -0.2) is 45.5 Å². The average Bonchev–Trinajstić information content (AvgIpc) is 3.09. The molecule has 0 radical (unpaired) electrons. The number of alkyl carbamates (subject to hydrolysis) is 1. The first-order valence-electron chi connectivity index (χ1n) is 9.99. The van der Waals surface area contributed by atoms with Crippen molar-refractivity contribution in [1.29, 1.82) is 0 Å². The number of nitrogens with two attached hydrogens (primary N) is 1. The smallest absolute Gasteiger partial charge is 0.407 e. The van der Waals surface area contributed by atoms with Gasteiger partial charge in [-0.2, -0.15) is 0 Å². The molecule has 3 aromatic rings. The average molecular weight is 420 g/mol. The Bertz CT molecular complexity index is 1060. The van der Waals surface area contributed by atoms with Crippen LogP contribution in [0.15, 0.2) is 54.7 Å². The number of ether oxygens (including phenoxy) is 1. The third-order valence-electron chi connectivity index (χ3n) is 5.52. The lowest BCUT2D eigenvalue weighted by atomic mass is 9.98. The molecule has 4 rings (SSSR count). The Kier molecular flexibility index (Phi) is 5.83. The second-order valence-corrected chi connectivity index (χ2v) is 7.49. The van der Waals surface area contributed by atoms with Gasteiger partial charge in [-0.15, -0.1) is 0 Å². The van der Waals surface area contributed by atoms with E-state index in [1.807, 2.05) is 36.4 Å². The summed E-state index contributed by atoms with van der Waals surface area (Å²) in [5.41, 5.74) is 10.8. The van der Waals surface area contributed by atoms with E-state index < -0.39 is 18.3 Å². The number of hydrogen-bond donors (Lipinski definition) is 4. The Labute approximate surface area is 179 Å². The van der Waals surface area contributed by atoms with Gasteiger partial charge >= 0.3 is 6.09 Å². The first-order chi connectivity index (χ1) is 15.0. The molecule has 0 saturated heterocycles. The summed E-state index contributed by atoms with van der Waals surface area (Å²) in [6.07, 6.45) is -1.84. The second-order valence-electron chi connectivity index (χ2n) is 7.49. The number of rotatable bonds is 6. The number of aliphatic hydroxyl groups excluding tert-OH is 2. The highest BCUT2D eigenvalue weighted by atomic mass is 16.5. The van der Waals surface area contributed by atoms with E-state index in [0.717, 1.165) is 22.3 Å². The van der Waals surface area contributed by atoms with E-state index in [1.165, 1.54) is 6.20 Å². The highest BCUT2D eigenvalue weighted by Crippen LogP contribution is 2.44. The number of aliphatic hydroxyl groups is 2. The quantitative estimate of drug-likeness (QED) is 0.481. The molecule has 8 heteroatoms. The van der Waals surface area contributed by atoms with E-state index in [4.69, 9.17) is 10.5 Å². The van der Waals surface area contributed by atoms with Gasteiger partial charge < -0.3 is 26.0 Å². The molecule has 2 atom stereocenters. The Balaban J connectivity index is 1.35. The molecule has 1 amide bonds. The van der Waals surface area contributed by atoms with E-state index in [9.17, 15) is 15.0 Å². The summed E-state index contributed by atoms with van der Waals surface area (Å²) in [6.45, 7) is 1.63. The standard InChI is InChI=1S/C23H24N4O4/c1-13-18(10-25-22(24)27-13)21(29)20(28)11-26-23(30)31-12-19-16-8-4-2-6-14(16)15-7-3-5-9-17(15)19/h2-10,19-21,28-29H,11-12H2,1H3,(H,26,30)(H2,24,25,27). The van der Waals surface area contributed by atoms with E-state index in [2.05, 4.69) is 27.4 Å². The highest BCUT2D eigenvalue weighted by molar-refractivity contribution is 5.79. The normalized spacial score (nSPS) is 14.4. The van der Waals surface area contributed by atoms with Gasteiger partial charge in [-0.05, 0) is 29.2 Å². The summed E-state index contributed by atoms with van der Waals surface area (Å²) in [4.78, 5) is 20.0. The van der Waals surface area contributed by atoms with Gasteiger partial charge in [0, 0.05) is 29.9 Å². The molecule has 1 aliphatic rings. The fourth-order valence-electron chi connectivity index (χ4n) is 3.94. The molecule has 0 spiro atoms. The Morgan fingerprint density at radius 2 is 1.74 bits per heavy atom. The number of carbonyl (C=O) groups excluding carboxylic acids is 1. The molecule has 8 nitrogen and oxygen atoms in total. The lowest BCUT2D eigenvalue weighted by molar-refractivity contribution is 0.0178. The number of aryl methyl sites for hydroxylation is 1. The predicted molar refractivity (Wildman–Crippen MR) is 115 cm³/mol. The van der Waals surface area contributed by atoms with Crippen LogP contribution in [0.4, 0.5) is 10.7 Å². The molecule has 2 unspecified atom stereocenters. The minimum atomic E-state index is -1.27. The van der Waals surface area contributed by atoms with Crippen LogP contribution in [0.1, 0.15) is 34.4 Å². The molecule has 1 aromatic heterocycles. The van der Waals surface area contributed by atoms with Crippen LogP contribution in [0.3, 0.4) is 0 Å². The Hall–Kier alpha value is -3.49. The first kappa shape index (κ1) is 20.8. The van der Waals surface area contributed by atoms with Crippen molar-refractivity contribution in [3.63, 3.8) is 0 Å². The maximum absolute atomic E-state index is 12.2. The first-order valence-corrected chi connectivity index (χ1v) is 9.99. The van der Waals surface area contributed by atoms with E-state index in [0.29, 0.717) is 11.3 Å². The zero-order valence-corrected chi connectivity index (χ0v) is 17.0. The monoisotopic (exact) mass is 420 g/mol. The topological polar surface area (TPSA) is 131 Å². The Morgan fingerprint density at radius 3 is 2.35 bits per heavy atom. The number of nitrogens with one attached hydrogen (secondary N) is 1. The van der Waals surface area contributed by atoms with Crippen molar-refractivity contribution in [3.05, 3.63) is 77.1 Å². The van der Waals surface area contributed by atoms with Gasteiger partial charge in [0.1, 0.15) is 18.8 Å². The van der Waals surface area contributed by atoms with Gasteiger partial charge in [0.05, 0.1) is 0 Å². The molecule has 5 N–H and O–H groups in total. The van der Waals surface area contributed by atoms with Crippen LogP contribution < -0.4 is 11.1 Å². The molecule has 0 saturated carbocycles. The van der Waals surface area contributed by atoms with Crippen molar-refractivity contribution in [1.82, 2.24) is 15.3 Å². The molecular weight excluding hydrogens is 396 g/mol. The fraction of sp³-hybridized carbons (Fsp3) is 0.261. The molecule has 1 heterocycles. The molecular formula is C23H24N4O4. The number of nitrogen functional groups attached to an aromatic ring is 1. The molecule has 31 heavy (non-hydrogen) atoms. The van der Waals surface area contributed by atoms with Crippen molar-refractivity contribution in [2.24, 2.45) is 0 Å². The van der Waals surface area contributed by atoms with Crippen LogP contribution in [0.5, 0.6) is 0 Å². The molecule has 2 aromatic carbocycles. The largest absolute Gasteiger partial charge is 0.449 e. The van der Waals surface area contributed by atoms with Crippen molar-refractivity contribution in [3.8, 4) is 11.1 Å².